The fourth-order valence-electron chi connectivity index (χ4n) is 3.89. The summed E-state index contributed by atoms with van der Waals surface area (Å²) in [4.78, 5) is 33.6. The van der Waals surface area contributed by atoms with Gasteiger partial charge in [0.15, 0.2) is 5.78 Å². The standard InChI is InChI=1S/C26H22N4O2S/c31-22(15-29-26(32)21-4-5-23-20(13-21)8-11-28-23)14-25-30-24(16-33-25)19-3-1-2-18(12-19)17-6-9-27-10-7-17/h1-7,9-10,12-13,16,28H,8,11,14-15H2,(H,29,32). The van der Waals surface area contributed by atoms with Gasteiger partial charge >= 0.3 is 0 Å². The predicted molar refractivity (Wildman–Crippen MR) is 130 cm³/mol. The molecule has 1 aliphatic heterocycles. The molecule has 164 valence electrons. The summed E-state index contributed by atoms with van der Waals surface area (Å²) in [5.41, 5.74) is 6.81. The number of fused-ring (bicyclic) bond motifs is 1. The van der Waals surface area contributed by atoms with Crippen LogP contribution in [0, 0.1) is 0 Å². The molecule has 7 heteroatoms. The average Bonchev–Trinajstić information content (AvgIpc) is 3.52. The maximum atomic E-state index is 12.5. The summed E-state index contributed by atoms with van der Waals surface area (Å²) in [5.74, 6) is -0.302. The van der Waals surface area contributed by atoms with Crippen LogP contribution in [0.2, 0.25) is 0 Å². The van der Waals surface area contributed by atoms with Gasteiger partial charge in [0.2, 0.25) is 0 Å². The maximum absolute atomic E-state index is 12.5. The molecule has 1 amide bonds. The van der Waals surface area contributed by atoms with Crippen LogP contribution in [-0.2, 0) is 17.6 Å². The van der Waals surface area contributed by atoms with Gasteiger partial charge in [-0.2, -0.15) is 0 Å². The van der Waals surface area contributed by atoms with Crippen molar-refractivity contribution in [3.63, 3.8) is 0 Å². The molecule has 0 radical (unpaired) electrons. The molecule has 33 heavy (non-hydrogen) atoms. The highest BCUT2D eigenvalue weighted by molar-refractivity contribution is 7.10. The normalized spacial score (nSPS) is 12.1. The molecule has 6 nitrogen and oxygen atoms in total. The van der Waals surface area contributed by atoms with Gasteiger partial charge in [0.05, 0.1) is 18.7 Å². The Morgan fingerprint density at radius 1 is 1.00 bits per heavy atom. The van der Waals surface area contributed by atoms with Gasteiger partial charge in [0.25, 0.3) is 5.91 Å². The molecular formula is C26H22N4O2S. The van der Waals surface area contributed by atoms with E-state index >= 15 is 0 Å². The zero-order chi connectivity index (χ0) is 22.6. The van der Waals surface area contributed by atoms with E-state index in [1.807, 2.05) is 41.8 Å². The van der Waals surface area contributed by atoms with E-state index < -0.39 is 0 Å². The molecule has 1 aliphatic rings. The van der Waals surface area contributed by atoms with Crippen molar-refractivity contribution in [3.8, 4) is 22.4 Å². The van der Waals surface area contributed by atoms with E-state index in [4.69, 9.17) is 0 Å². The smallest absolute Gasteiger partial charge is 0.251 e. The molecule has 5 rings (SSSR count). The molecule has 4 aromatic rings. The van der Waals surface area contributed by atoms with Crippen molar-refractivity contribution >= 4 is 28.7 Å². The number of rotatable bonds is 7. The highest BCUT2D eigenvalue weighted by Crippen LogP contribution is 2.27. The van der Waals surface area contributed by atoms with Gasteiger partial charge in [-0.15, -0.1) is 11.3 Å². The first kappa shape index (κ1) is 21.0. The van der Waals surface area contributed by atoms with Crippen molar-refractivity contribution < 1.29 is 9.59 Å². The monoisotopic (exact) mass is 454 g/mol. The SMILES string of the molecule is O=C(CNC(=O)c1ccc2c(c1)CCN2)Cc1nc(-c2cccc(-c3ccncc3)c2)cs1. The van der Waals surface area contributed by atoms with Crippen LogP contribution in [0.1, 0.15) is 20.9 Å². The Kier molecular flexibility index (Phi) is 5.95. The number of hydrogen-bond acceptors (Lipinski definition) is 6. The number of anilines is 1. The number of ketones is 1. The Morgan fingerprint density at radius 2 is 1.85 bits per heavy atom. The van der Waals surface area contributed by atoms with Crippen molar-refractivity contribution in [1.29, 1.82) is 0 Å². The zero-order valence-corrected chi connectivity index (χ0v) is 18.7. The van der Waals surface area contributed by atoms with Crippen molar-refractivity contribution in [1.82, 2.24) is 15.3 Å². The van der Waals surface area contributed by atoms with Crippen molar-refractivity contribution in [2.75, 3.05) is 18.4 Å². The quantitative estimate of drug-likeness (QED) is 0.433. The summed E-state index contributed by atoms with van der Waals surface area (Å²) in [6, 6.07) is 17.7. The Hall–Kier alpha value is -3.84. The van der Waals surface area contributed by atoms with Gasteiger partial charge in [-0.3, -0.25) is 14.6 Å². The Bertz CT molecular complexity index is 1320. The van der Waals surface area contributed by atoms with Gasteiger partial charge in [0, 0.05) is 41.1 Å². The maximum Gasteiger partial charge on any atom is 0.251 e. The largest absolute Gasteiger partial charge is 0.384 e. The van der Waals surface area contributed by atoms with Gasteiger partial charge in [0.1, 0.15) is 5.01 Å². The second kappa shape index (κ2) is 9.34. The minimum absolute atomic E-state index is 0.0133. The number of benzene rings is 2. The van der Waals surface area contributed by atoms with E-state index in [2.05, 4.69) is 32.7 Å². The zero-order valence-electron chi connectivity index (χ0n) is 17.9. The summed E-state index contributed by atoms with van der Waals surface area (Å²) in [6.45, 7) is 0.878. The molecule has 0 fully saturated rings. The molecule has 0 aliphatic carbocycles. The summed E-state index contributed by atoms with van der Waals surface area (Å²) >= 11 is 1.46. The van der Waals surface area contributed by atoms with Crippen LogP contribution in [0.4, 0.5) is 5.69 Å². The van der Waals surface area contributed by atoms with Gasteiger partial charge in [-0.1, -0.05) is 18.2 Å². The first-order valence-corrected chi connectivity index (χ1v) is 11.7. The number of carbonyl (C=O) groups excluding carboxylic acids is 2. The van der Waals surface area contributed by atoms with Gasteiger partial charge < -0.3 is 10.6 Å². The lowest BCUT2D eigenvalue weighted by molar-refractivity contribution is -0.117. The van der Waals surface area contributed by atoms with Gasteiger partial charge in [-0.05, 0) is 59.5 Å². The van der Waals surface area contributed by atoms with Crippen molar-refractivity contribution in [2.24, 2.45) is 0 Å². The molecule has 0 saturated carbocycles. The van der Waals surface area contributed by atoms with E-state index in [0.29, 0.717) is 5.56 Å². The van der Waals surface area contributed by atoms with Gasteiger partial charge in [-0.25, -0.2) is 4.98 Å². The first-order chi connectivity index (χ1) is 16.2. The van der Waals surface area contributed by atoms with Crippen LogP contribution < -0.4 is 10.6 Å². The van der Waals surface area contributed by atoms with E-state index in [1.165, 1.54) is 11.3 Å². The average molecular weight is 455 g/mol. The van der Waals surface area contributed by atoms with Crippen LogP contribution in [0.15, 0.2) is 72.4 Å². The number of carbonyl (C=O) groups is 2. The summed E-state index contributed by atoms with van der Waals surface area (Å²) in [7, 11) is 0. The molecule has 0 saturated heterocycles. The lowest BCUT2D eigenvalue weighted by atomic mass is 10.0. The Morgan fingerprint density at radius 3 is 2.73 bits per heavy atom. The number of hydrogen-bond donors (Lipinski definition) is 2. The minimum Gasteiger partial charge on any atom is -0.384 e. The fourth-order valence-corrected chi connectivity index (χ4v) is 4.72. The number of Topliss-reactive ketones (excluding diaryl/α,β-unsaturated/α-hetero) is 1. The number of pyridine rings is 1. The topological polar surface area (TPSA) is 84.0 Å². The minimum atomic E-state index is -0.231. The number of thiazole rings is 1. The lowest BCUT2D eigenvalue weighted by Crippen LogP contribution is -2.30. The Balaban J connectivity index is 1.20. The van der Waals surface area contributed by atoms with E-state index in [1.54, 1.807) is 18.5 Å². The van der Waals surface area contributed by atoms with E-state index in [-0.39, 0.29) is 24.7 Å². The molecular weight excluding hydrogens is 432 g/mol. The Labute approximate surface area is 195 Å². The molecule has 2 aromatic carbocycles. The molecule has 0 unspecified atom stereocenters. The molecule has 2 aromatic heterocycles. The number of nitrogens with one attached hydrogen (secondary N) is 2. The summed E-state index contributed by atoms with van der Waals surface area (Å²) < 4.78 is 0. The molecule has 2 N–H and O–H groups in total. The highest BCUT2D eigenvalue weighted by Gasteiger charge is 2.15. The molecule has 0 bridgehead atoms. The van der Waals surface area contributed by atoms with Crippen LogP contribution in [0.25, 0.3) is 22.4 Å². The predicted octanol–water partition coefficient (Wildman–Crippen LogP) is 4.38. The fraction of sp³-hybridized carbons (Fsp3) is 0.154. The molecule has 0 spiro atoms. The first-order valence-electron chi connectivity index (χ1n) is 10.8. The van der Waals surface area contributed by atoms with Crippen molar-refractivity contribution in [2.45, 2.75) is 12.8 Å². The number of nitrogens with zero attached hydrogens (tertiary/aromatic N) is 2. The number of aromatic nitrogens is 2. The van der Waals surface area contributed by atoms with Crippen LogP contribution in [0.5, 0.6) is 0 Å². The van der Waals surface area contributed by atoms with Crippen molar-refractivity contribution in [3.05, 3.63) is 88.5 Å². The van der Waals surface area contributed by atoms with Crippen LogP contribution in [0.3, 0.4) is 0 Å². The van der Waals surface area contributed by atoms with E-state index in [9.17, 15) is 9.59 Å². The highest BCUT2D eigenvalue weighted by atomic mass is 32.1. The molecule has 0 atom stereocenters. The van der Waals surface area contributed by atoms with Crippen LogP contribution in [-0.4, -0.2) is 34.7 Å². The van der Waals surface area contributed by atoms with Crippen LogP contribution >= 0.6 is 11.3 Å². The van der Waals surface area contributed by atoms with E-state index in [0.717, 1.165) is 51.6 Å². The third-order valence-electron chi connectivity index (χ3n) is 5.60. The second-order valence-corrected chi connectivity index (χ2v) is 8.83. The molecule has 3 heterocycles. The summed E-state index contributed by atoms with van der Waals surface area (Å²) in [5, 5.41) is 8.71. The lowest BCUT2D eigenvalue weighted by Gasteiger charge is -2.06. The third-order valence-corrected chi connectivity index (χ3v) is 6.44. The third kappa shape index (κ3) is 4.83. The number of amides is 1. The second-order valence-electron chi connectivity index (χ2n) is 7.89. The summed E-state index contributed by atoms with van der Waals surface area (Å²) in [6.07, 6.45) is 4.65.